The van der Waals surface area contributed by atoms with Gasteiger partial charge in [-0.05, 0) is 31.7 Å². The van der Waals surface area contributed by atoms with Crippen molar-refractivity contribution in [3.05, 3.63) is 48.3 Å². The van der Waals surface area contributed by atoms with Crippen LogP contribution in [0.2, 0.25) is 0 Å². The topological polar surface area (TPSA) is 27.1 Å². The van der Waals surface area contributed by atoms with Gasteiger partial charge in [0.2, 0.25) is 0 Å². The summed E-state index contributed by atoms with van der Waals surface area (Å²) in [4.78, 5) is 0. The van der Waals surface area contributed by atoms with Crippen molar-refractivity contribution in [1.29, 1.82) is 0 Å². The Hall–Kier alpha value is -1.77. The quantitative estimate of drug-likeness (QED) is 0.699. The van der Waals surface area contributed by atoms with Crippen molar-refractivity contribution < 1.29 is 4.74 Å². The maximum Gasteiger partial charge on any atom is 0.157 e. The molecule has 3 nitrogen and oxygen atoms in total. The summed E-state index contributed by atoms with van der Waals surface area (Å²) in [6.07, 6.45) is 7.08. The molecule has 96 valence electrons. The number of hydrogen-bond donors (Lipinski definition) is 0. The molecule has 2 rings (SSSR count). The van der Waals surface area contributed by atoms with Crippen LogP contribution in [-0.2, 0) is 13.0 Å². The normalized spacial score (nSPS) is 10.5. The van der Waals surface area contributed by atoms with Crippen molar-refractivity contribution in [2.75, 3.05) is 6.61 Å². The molecule has 0 aliphatic carbocycles. The van der Waals surface area contributed by atoms with E-state index < -0.39 is 0 Å². The molecule has 0 spiro atoms. The molecule has 1 aromatic heterocycles. The SMILES string of the molecule is CCn1cc(OCCCCc2ccccc2)cn1. The zero-order chi connectivity index (χ0) is 12.6. The van der Waals surface area contributed by atoms with Gasteiger partial charge in [0.1, 0.15) is 0 Å². The van der Waals surface area contributed by atoms with Gasteiger partial charge in [0, 0.05) is 6.54 Å². The predicted octanol–water partition coefficient (Wildman–Crippen LogP) is 3.30. The highest BCUT2D eigenvalue weighted by Gasteiger charge is 1.98. The second-order valence-electron chi connectivity index (χ2n) is 4.32. The molecular formula is C15H20N2O. The summed E-state index contributed by atoms with van der Waals surface area (Å²) in [5.74, 6) is 0.872. The van der Waals surface area contributed by atoms with Crippen LogP contribution < -0.4 is 4.74 Å². The lowest BCUT2D eigenvalue weighted by Gasteiger charge is -2.03. The highest BCUT2D eigenvalue weighted by molar-refractivity contribution is 5.14. The van der Waals surface area contributed by atoms with Gasteiger partial charge in [-0.15, -0.1) is 0 Å². The van der Waals surface area contributed by atoms with E-state index in [1.54, 1.807) is 6.20 Å². The number of aryl methyl sites for hydroxylation is 2. The summed E-state index contributed by atoms with van der Waals surface area (Å²) in [5, 5.41) is 4.17. The number of benzene rings is 1. The molecule has 1 heterocycles. The molecule has 18 heavy (non-hydrogen) atoms. The summed E-state index contributed by atoms with van der Waals surface area (Å²) in [5.41, 5.74) is 1.40. The Morgan fingerprint density at radius 3 is 2.72 bits per heavy atom. The van der Waals surface area contributed by atoms with E-state index in [-0.39, 0.29) is 0 Å². The molecular weight excluding hydrogens is 224 g/mol. The molecule has 0 N–H and O–H groups in total. The Balaban J connectivity index is 1.61. The molecule has 0 radical (unpaired) electrons. The average molecular weight is 244 g/mol. The van der Waals surface area contributed by atoms with Crippen molar-refractivity contribution >= 4 is 0 Å². The second-order valence-corrected chi connectivity index (χ2v) is 4.32. The number of ether oxygens (including phenoxy) is 1. The minimum Gasteiger partial charge on any atom is -0.490 e. The Morgan fingerprint density at radius 1 is 1.17 bits per heavy atom. The lowest BCUT2D eigenvalue weighted by molar-refractivity contribution is 0.306. The zero-order valence-corrected chi connectivity index (χ0v) is 10.9. The fourth-order valence-electron chi connectivity index (χ4n) is 1.86. The average Bonchev–Trinajstić information content (AvgIpc) is 2.87. The van der Waals surface area contributed by atoms with E-state index in [0.717, 1.165) is 38.2 Å². The molecule has 3 heteroatoms. The van der Waals surface area contributed by atoms with Gasteiger partial charge in [0.05, 0.1) is 19.0 Å². The Kier molecular flexibility index (Phi) is 4.82. The van der Waals surface area contributed by atoms with Gasteiger partial charge in [0.25, 0.3) is 0 Å². The molecule has 0 saturated carbocycles. The fraction of sp³-hybridized carbons (Fsp3) is 0.400. The third-order valence-corrected chi connectivity index (χ3v) is 2.90. The van der Waals surface area contributed by atoms with Gasteiger partial charge in [-0.2, -0.15) is 5.10 Å². The summed E-state index contributed by atoms with van der Waals surface area (Å²) in [6, 6.07) is 10.6. The van der Waals surface area contributed by atoms with Gasteiger partial charge in [-0.1, -0.05) is 30.3 Å². The highest BCUT2D eigenvalue weighted by atomic mass is 16.5. The smallest absolute Gasteiger partial charge is 0.157 e. The van der Waals surface area contributed by atoms with Crippen LogP contribution >= 0.6 is 0 Å². The molecule has 0 unspecified atom stereocenters. The molecule has 0 bridgehead atoms. The van der Waals surface area contributed by atoms with E-state index in [1.165, 1.54) is 5.56 Å². The molecule has 0 aliphatic heterocycles. The van der Waals surface area contributed by atoms with Crippen LogP contribution in [0.25, 0.3) is 0 Å². The molecule has 0 amide bonds. The molecule has 0 saturated heterocycles. The largest absolute Gasteiger partial charge is 0.490 e. The minimum atomic E-state index is 0.766. The molecule has 1 aromatic carbocycles. The van der Waals surface area contributed by atoms with Gasteiger partial charge >= 0.3 is 0 Å². The number of unbranched alkanes of at least 4 members (excludes halogenated alkanes) is 1. The van der Waals surface area contributed by atoms with Crippen molar-refractivity contribution in [1.82, 2.24) is 9.78 Å². The van der Waals surface area contributed by atoms with Crippen molar-refractivity contribution in [2.24, 2.45) is 0 Å². The maximum absolute atomic E-state index is 5.64. The number of aromatic nitrogens is 2. The van der Waals surface area contributed by atoms with Gasteiger partial charge < -0.3 is 4.74 Å². The van der Waals surface area contributed by atoms with E-state index in [0.29, 0.717) is 0 Å². The van der Waals surface area contributed by atoms with Crippen LogP contribution in [0.4, 0.5) is 0 Å². The van der Waals surface area contributed by atoms with Crippen molar-refractivity contribution in [3.8, 4) is 5.75 Å². The van der Waals surface area contributed by atoms with E-state index >= 15 is 0 Å². The van der Waals surface area contributed by atoms with Gasteiger partial charge in [0.15, 0.2) is 5.75 Å². The first kappa shape index (κ1) is 12.7. The van der Waals surface area contributed by atoms with Crippen LogP contribution in [0.5, 0.6) is 5.75 Å². The monoisotopic (exact) mass is 244 g/mol. The number of nitrogens with zero attached hydrogens (tertiary/aromatic N) is 2. The Bertz CT molecular complexity index is 451. The highest BCUT2D eigenvalue weighted by Crippen LogP contribution is 2.10. The molecule has 0 aliphatic rings. The summed E-state index contributed by atoms with van der Waals surface area (Å²) in [6.45, 7) is 3.72. The van der Waals surface area contributed by atoms with E-state index in [1.807, 2.05) is 10.9 Å². The number of hydrogen-bond acceptors (Lipinski definition) is 2. The van der Waals surface area contributed by atoms with Crippen LogP contribution in [0.15, 0.2) is 42.7 Å². The molecule has 2 aromatic rings. The van der Waals surface area contributed by atoms with Gasteiger partial charge in [-0.3, -0.25) is 4.68 Å². The first-order chi connectivity index (χ1) is 8.88. The van der Waals surface area contributed by atoms with E-state index in [4.69, 9.17) is 4.74 Å². The van der Waals surface area contributed by atoms with Crippen LogP contribution in [0, 0.1) is 0 Å². The van der Waals surface area contributed by atoms with Crippen LogP contribution in [-0.4, -0.2) is 16.4 Å². The van der Waals surface area contributed by atoms with E-state index in [9.17, 15) is 0 Å². The summed E-state index contributed by atoms with van der Waals surface area (Å²) in [7, 11) is 0. The van der Waals surface area contributed by atoms with E-state index in [2.05, 4.69) is 42.4 Å². The van der Waals surface area contributed by atoms with Crippen LogP contribution in [0.1, 0.15) is 25.3 Å². The number of rotatable bonds is 7. The Morgan fingerprint density at radius 2 is 2.00 bits per heavy atom. The summed E-state index contributed by atoms with van der Waals surface area (Å²) < 4.78 is 7.52. The second kappa shape index (κ2) is 6.84. The standard InChI is InChI=1S/C15H20N2O/c1-2-17-13-15(12-16-17)18-11-7-6-10-14-8-4-3-5-9-14/h3-5,8-9,12-13H,2,6-7,10-11H2,1H3. The Labute approximate surface area is 108 Å². The third-order valence-electron chi connectivity index (χ3n) is 2.90. The van der Waals surface area contributed by atoms with Crippen molar-refractivity contribution in [2.45, 2.75) is 32.7 Å². The lowest BCUT2D eigenvalue weighted by atomic mass is 10.1. The van der Waals surface area contributed by atoms with Crippen LogP contribution in [0.3, 0.4) is 0 Å². The van der Waals surface area contributed by atoms with Gasteiger partial charge in [-0.25, -0.2) is 0 Å². The lowest BCUT2D eigenvalue weighted by Crippen LogP contribution is -1.98. The first-order valence-electron chi connectivity index (χ1n) is 6.57. The first-order valence-corrected chi connectivity index (χ1v) is 6.57. The fourth-order valence-corrected chi connectivity index (χ4v) is 1.86. The molecule has 0 atom stereocenters. The third kappa shape index (κ3) is 3.91. The van der Waals surface area contributed by atoms with Crippen molar-refractivity contribution in [3.63, 3.8) is 0 Å². The zero-order valence-electron chi connectivity index (χ0n) is 10.9. The summed E-state index contributed by atoms with van der Waals surface area (Å²) >= 11 is 0. The minimum absolute atomic E-state index is 0.766. The molecule has 0 fully saturated rings. The maximum atomic E-state index is 5.64. The predicted molar refractivity (Wildman–Crippen MR) is 72.8 cm³/mol.